The highest BCUT2D eigenvalue weighted by Crippen LogP contribution is 2.15. The van der Waals surface area contributed by atoms with Crippen molar-refractivity contribution in [2.75, 3.05) is 25.5 Å². The molecule has 0 aliphatic carbocycles. The van der Waals surface area contributed by atoms with E-state index in [0.29, 0.717) is 24.4 Å². The predicted octanol–water partition coefficient (Wildman–Crippen LogP) is 2.12. The molecule has 0 saturated heterocycles. The molecule has 3 N–H and O–H groups in total. The highest BCUT2D eigenvalue weighted by Gasteiger charge is 2.09. The van der Waals surface area contributed by atoms with Crippen molar-refractivity contribution in [2.45, 2.75) is 26.7 Å². The molecule has 1 aromatic rings. The number of carbonyl (C=O) groups is 1. The van der Waals surface area contributed by atoms with Gasteiger partial charge in [0.15, 0.2) is 0 Å². The van der Waals surface area contributed by atoms with Crippen LogP contribution in [0.1, 0.15) is 35.7 Å². The number of nitrogens with one attached hydrogen (secondary N) is 1. The Kier molecular flexibility index (Phi) is 6.22. The molecular weight excluding hydrogens is 228 g/mol. The number of aryl methyl sites for hydroxylation is 1. The van der Waals surface area contributed by atoms with Crippen LogP contribution in [0.2, 0.25) is 0 Å². The van der Waals surface area contributed by atoms with Gasteiger partial charge in [-0.2, -0.15) is 0 Å². The van der Waals surface area contributed by atoms with Crippen LogP contribution in [0.5, 0.6) is 0 Å². The third kappa shape index (κ3) is 4.37. The number of carbonyl (C=O) groups excluding carboxylic acids is 1. The van der Waals surface area contributed by atoms with E-state index < -0.39 is 0 Å². The maximum atomic E-state index is 11.9. The van der Waals surface area contributed by atoms with Crippen LogP contribution < -0.4 is 11.1 Å². The zero-order valence-corrected chi connectivity index (χ0v) is 11.2. The molecule has 0 saturated carbocycles. The average molecular weight is 250 g/mol. The minimum Gasteiger partial charge on any atom is -0.398 e. The summed E-state index contributed by atoms with van der Waals surface area (Å²) in [6.45, 7) is 5.80. The SMILES string of the molecule is CCCCOCCNC(=O)c1cccc(C)c1N. The van der Waals surface area contributed by atoms with Crippen molar-refractivity contribution in [3.8, 4) is 0 Å². The van der Waals surface area contributed by atoms with Crippen molar-refractivity contribution in [2.24, 2.45) is 0 Å². The van der Waals surface area contributed by atoms with Gasteiger partial charge in [-0.1, -0.05) is 25.5 Å². The van der Waals surface area contributed by atoms with E-state index in [1.165, 1.54) is 0 Å². The minimum atomic E-state index is -0.143. The Morgan fingerprint density at radius 3 is 2.89 bits per heavy atom. The minimum absolute atomic E-state index is 0.143. The molecule has 0 unspecified atom stereocenters. The van der Waals surface area contributed by atoms with Gasteiger partial charge in [-0.3, -0.25) is 4.79 Å². The van der Waals surface area contributed by atoms with E-state index >= 15 is 0 Å². The molecule has 0 bridgehead atoms. The lowest BCUT2D eigenvalue weighted by Crippen LogP contribution is -2.28. The number of unbranched alkanes of at least 4 members (excludes halogenated alkanes) is 1. The molecule has 100 valence electrons. The van der Waals surface area contributed by atoms with Crippen molar-refractivity contribution < 1.29 is 9.53 Å². The molecule has 1 aromatic carbocycles. The van der Waals surface area contributed by atoms with Crippen molar-refractivity contribution >= 4 is 11.6 Å². The summed E-state index contributed by atoms with van der Waals surface area (Å²) >= 11 is 0. The second kappa shape index (κ2) is 7.71. The van der Waals surface area contributed by atoms with Crippen LogP contribution >= 0.6 is 0 Å². The van der Waals surface area contributed by atoms with Gasteiger partial charge in [0.05, 0.1) is 12.2 Å². The third-order valence-electron chi connectivity index (χ3n) is 2.74. The molecule has 1 amide bonds. The summed E-state index contributed by atoms with van der Waals surface area (Å²) in [6.07, 6.45) is 2.17. The first-order valence-electron chi connectivity index (χ1n) is 6.37. The molecule has 0 fully saturated rings. The number of amides is 1. The van der Waals surface area contributed by atoms with Gasteiger partial charge in [0.25, 0.3) is 5.91 Å². The average Bonchev–Trinajstić information content (AvgIpc) is 2.36. The van der Waals surface area contributed by atoms with E-state index in [0.717, 1.165) is 25.0 Å². The number of para-hydroxylation sites is 1. The second-order valence-electron chi connectivity index (χ2n) is 4.26. The number of benzene rings is 1. The molecule has 0 spiro atoms. The second-order valence-corrected chi connectivity index (χ2v) is 4.26. The first kappa shape index (κ1) is 14.5. The number of nitrogen functional groups attached to an aromatic ring is 1. The van der Waals surface area contributed by atoms with Crippen molar-refractivity contribution in [1.29, 1.82) is 0 Å². The van der Waals surface area contributed by atoms with E-state index in [9.17, 15) is 4.79 Å². The fourth-order valence-electron chi connectivity index (χ4n) is 1.56. The summed E-state index contributed by atoms with van der Waals surface area (Å²) in [5.74, 6) is -0.143. The third-order valence-corrected chi connectivity index (χ3v) is 2.74. The lowest BCUT2D eigenvalue weighted by molar-refractivity contribution is 0.0913. The van der Waals surface area contributed by atoms with E-state index in [4.69, 9.17) is 10.5 Å². The lowest BCUT2D eigenvalue weighted by atomic mass is 10.1. The maximum absolute atomic E-state index is 11.9. The molecule has 4 nitrogen and oxygen atoms in total. The Balaban J connectivity index is 2.35. The van der Waals surface area contributed by atoms with Crippen LogP contribution in [0.25, 0.3) is 0 Å². The first-order chi connectivity index (χ1) is 8.66. The van der Waals surface area contributed by atoms with Crippen LogP contribution in [0, 0.1) is 6.92 Å². The number of hydrogen-bond donors (Lipinski definition) is 2. The zero-order valence-electron chi connectivity index (χ0n) is 11.2. The summed E-state index contributed by atoms with van der Waals surface area (Å²) in [4.78, 5) is 11.9. The molecule has 0 aromatic heterocycles. The fourth-order valence-corrected chi connectivity index (χ4v) is 1.56. The number of rotatable bonds is 7. The van der Waals surface area contributed by atoms with Gasteiger partial charge in [0.1, 0.15) is 0 Å². The van der Waals surface area contributed by atoms with Gasteiger partial charge in [-0.05, 0) is 25.0 Å². The largest absolute Gasteiger partial charge is 0.398 e. The molecule has 0 radical (unpaired) electrons. The Hall–Kier alpha value is -1.55. The molecule has 18 heavy (non-hydrogen) atoms. The number of hydrogen-bond acceptors (Lipinski definition) is 3. The van der Waals surface area contributed by atoms with Crippen LogP contribution in [-0.4, -0.2) is 25.7 Å². The monoisotopic (exact) mass is 250 g/mol. The quantitative estimate of drug-likeness (QED) is 0.575. The van der Waals surface area contributed by atoms with Crippen molar-refractivity contribution in [3.05, 3.63) is 29.3 Å². The lowest BCUT2D eigenvalue weighted by Gasteiger charge is -2.09. The Morgan fingerprint density at radius 2 is 2.17 bits per heavy atom. The molecular formula is C14H22N2O2. The number of anilines is 1. The molecule has 0 aliphatic heterocycles. The number of nitrogens with two attached hydrogens (primary N) is 1. The molecule has 0 heterocycles. The van der Waals surface area contributed by atoms with Crippen LogP contribution in [0.15, 0.2) is 18.2 Å². The summed E-state index contributed by atoms with van der Waals surface area (Å²) < 4.78 is 5.37. The van der Waals surface area contributed by atoms with Gasteiger partial charge in [-0.15, -0.1) is 0 Å². The Morgan fingerprint density at radius 1 is 1.39 bits per heavy atom. The standard InChI is InChI=1S/C14H22N2O2/c1-3-4-9-18-10-8-16-14(17)12-7-5-6-11(2)13(12)15/h5-7H,3-4,8-10,15H2,1-2H3,(H,16,17). The van der Waals surface area contributed by atoms with E-state index in [2.05, 4.69) is 12.2 Å². The van der Waals surface area contributed by atoms with Gasteiger partial charge in [0, 0.05) is 18.8 Å². The van der Waals surface area contributed by atoms with E-state index in [1.54, 1.807) is 6.07 Å². The van der Waals surface area contributed by atoms with Crippen molar-refractivity contribution in [3.63, 3.8) is 0 Å². The zero-order chi connectivity index (χ0) is 13.4. The highest BCUT2D eigenvalue weighted by molar-refractivity contribution is 5.99. The van der Waals surface area contributed by atoms with Gasteiger partial charge in [0.2, 0.25) is 0 Å². The normalized spacial score (nSPS) is 10.3. The van der Waals surface area contributed by atoms with Gasteiger partial charge < -0.3 is 15.8 Å². The van der Waals surface area contributed by atoms with Crippen LogP contribution in [0.4, 0.5) is 5.69 Å². The molecule has 4 heteroatoms. The van der Waals surface area contributed by atoms with Crippen molar-refractivity contribution in [1.82, 2.24) is 5.32 Å². The van der Waals surface area contributed by atoms with E-state index in [1.807, 2.05) is 19.1 Å². The highest BCUT2D eigenvalue weighted by atomic mass is 16.5. The fraction of sp³-hybridized carbons (Fsp3) is 0.500. The summed E-state index contributed by atoms with van der Waals surface area (Å²) in [6, 6.07) is 5.45. The first-order valence-corrected chi connectivity index (χ1v) is 6.37. The van der Waals surface area contributed by atoms with Gasteiger partial charge >= 0.3 is 0 Å². The Bertz CT molecular complexity index is 391. The predicted molar refractivity (Wildman–Crippen MR) is 73.7 cm³/mol. The van der Waals surface area contributed by atoms with Gasteiger partial charge in [-0.25, -0.2) is 0 Å². The summed E-state index contributed by atoms with van der Waals surface area (Å²) in [7, 11) is 0. The molecule has 0 atom stereocenters. The number of ether oxygens (including phenoxy) is 1. The van der Waals surface area contributed by atoms with Crippen LogP contribution in [-0.2, 0) is 4.74 Å². The molecule has 1 rings (SSSR count). The summed E-state index contributed by atoms with van der Waals surface area (Å²) in [5.41, 5.74) is 7.85. The smallest absolute Gasteiger partial charge is 0.253 e. The Labute approximate surface area is 109 Å². The van der Waals surface area contributed by atoms with E-state index in [-0.39, 0.29) is 5.91 Å². The molecule has 0 aliphatic rings. The van der Waals surface area contributed by atoms with Crippen LogP contribution in [0.3, 0.4) is 0 Å². The maximum Gasteiger partial charge on any atom is 0.253 e. The topological polar surface area (TPSA) is 64.3 Å². The summed E-state index contributed by atoms with van der Waals surface area (Å²) in [5, 5.41) is 2.80.